The van der Waals surface area contributed by atoms with E-state index in [0.717, 1.165) is 58.7 Å². The van der Waals surface area contributed by atoms with Crippen LogP contribution in [0.1, 0.15) is 25.7 Å². The van der Waals surface area contributed by atoms with E-state index in [-0.39, 0.29) is 17.9 Å². The first-order valence-corrected chi connectivity index (χ1v) is 8.37. The molecule has 0 unspecified atom stereocenters. The minimum atomic E-state index is -0.178. The lowest BCUT2D eigenvalue weighted by Gasteiger charge is -2.42. The highest BCUT2D eigenvalue weighted by Crippen LogP contribution is 2.33. The van der Waals surface area contributed by atoms with Crippen LogP contribution in [0.4, 0.5) is 0 Å². The van der Waals surface area contributed by atoms with E-state index >= 15 is 0 Å². The average molecular weight is 314 g/mol. The van der Waals surface area contributed by atoms with E-state index in [9.17, 15) is 9.90 Å². The highest BCUT2D eigenvalue weighted by molar-refractivity contribution is 5.76. The van der Waals surface area contributed by atoms with Gasteiger partial charge in [0.15, 0.2) is 0 Å². The first kappa shape index (κ1) is 17.7. The van der Waals surface area contributed by atoms with Gasteiger partial charge < -0.3 is 19.5 Å². The van der Waals surface area contributed by atoms with Gasteiger partial charge in [0.2, 0.25) is 5.91 Å². The predicted molar refractivity (Wildman–Crippen MR) is 83.7 cm³/mol. The maximum atomic E-state index is 12.5. The molecule has 0 aromatic rings. The molecule has 0 bridgehead atoms. The molecule has 2 saturated heterocycles. The average Bonchev–Trinajstić information content (AvgIpc) is 2.59. The van der Waals surface area contributed by atoms with Crippen LogP contribution < -0.4 is 0 Å². The molecule has 2 aliphatic rings. The SMILES string of the molecule is COCC[C@@]1(CO)CCCN(C(=O)CCN2CCOCC2)C1. The first-order chi connectivity index (χ1) is 10.7. The van der Waals surface area contributed by atoms with Crippen LogP contribution in [0.2, 0.25) is 0 Å². The lowest BCUT2D eigenvalue weighted by molar-refractivity contribution is -0.136. The van der Waals surface area contributed by atoms with Crippen molar-refractivity contribution in [2.45, 2.75) is 25.7 Å². The standard InChI is InChI=1S/C16H30N2O4/c1-21-10-5-16(14-19)4-2-6-18(13-16)15(20)3-7-17-8-11-22-12-9-17/h19H,2-14H2,1H3/t16-/m0/s1. The molecule has 2 rings (SSSR count). The van der Waals surface area contributed by atoms with Gasteiger partial charge in [-0.25, -0.2) is 0 Å². The maximum absolute atomic E-state index is 12.5. The van der Waals surface area contributed by atoms with Crippen molar-refractivity contribution in [3.63, 3.8) is 0 Å². The fraction of sp³-hybridized carbons (Fsp3) is 0.938. The Bertz CT molecular complexity index is 347. The number of amides is 1. The fourth-order valence-corrected chi connectivity index (χ4v) is 3.39. The third-order valence-electron chi connectivity index (χ3n) is 4.93. The van der Waals surface area contributed by atoms with E-state index < -0.39 is 0 Å². The Balaban J connectivity index is 1.80. The van der Waals surface area contributed by atoms with Crippen molar-refractivity contribution in [1.29, 1.82) is 0 Å². The van der Waals surface area contributed by atoms with Crippen LogP contribution in [0.25, 0.3) is 0 Å². The Labute approximate surface area is 133 Å². The van der Waals surface area contributed by atoms with Crippen molar-refractivity contribution < 1.29 is 19.4 Å². The van der Waals surface area contributed by atoms with Gasteiger partial charge in [-0.3, -0.25) is 9.69 Å². The van der Waals surface area contributed by atoms with Crippen LogP contribution >= 0.6 is 0 Å². The number of aliphatic hydroxyl groups excluding tert-OH is 1. The van der Waals surface area contributed by atoms with Gasteiger partial charge in [0, 0.05) is 58.3 Å². The molecule has 0 saturated carbocycles. The summed E-state index contributed by atoms with van der Waals surface area (Å²) >= 11 is 0. The van der Waals surface area contributed by atoms with Gasteiger partial charge in [-0.15, -0.1) is 0 Å². The van der Waals surface area contributed by atoms with E-state index in [1.165, 1.54) is 0 Å². The zero-order chi connectivity index (χ0) is 15.8. The molecule has 1 N–H and O–H groups in total. The number of hydrogen-bond acceptors (Lipinski definition) is 5. The molecule has 2 heterocycles. The van der Waals surface area contributed by atoms with E-state index in [1.807, 2.05) is 4.90 Å². The van der Waals surface area contributed by atoms with Crippen LogP contribution in [0.15, 0.2) is 0 Å². The van der Waals surface area contributed by atoms with Crippen LogP contribution in [0.5, 0.6) is 0 Å². The molecule has 0 radical (unpaired) electrons. The topological polar surface area (TPSA) is 62.2 Å². The fourth-order valence-electron chi connectivity index (χ4n) is 3.39. The number of nitrogens with zero attached hydrogens (tertiary/aromatic N) is 2. The van der Waals surface area contributed by atoms with Gasteiger partial charge in [-0.1, -0.05) is 0 Å². The molecule has 0 aromatic heterocycles. The molecular formula is C16H30N2O4. The van der Waals surface area contributed by atoms with Gasteiger partial charge in [0.1, 0.15) is 0 Å². The third-order valence-corrected chi connectivity index (χ3v) is 4.93. The minimum Gasteiger partial charge on any atom is -0.396 e. The second-order valence-electron chi connectivity index (χ2n) is 6.52. The summed E-state index contributed by atoms with van der Waals surface area (Å²) in [6.07, 6.45) is 3.31. The minimum absolute atomic E-state index is 0.129. The monoisotopic (exact) mass is 314 g/mol. The normalized spacial score (nSPS) is 27.1. The molecule has 2 fully saturated rings. The summed E-state index contributed by atoms with van der Waals surface area (Å²) in [6.45, 7) is 6.42. The molecule has 1 atom stereocenters. The first-order valence-electron chi connectivity index (χ1n) is 8.37. The molecule has 22 heavy (non-hydrogen) atoms. The summed E-state index contributed by atoms with van der Waals surface area (Å²) < 4.78 is 10.5. The van der Waals surface area contributed by atoms with Gasteiger partial charge >= 0.3 is 0 Å². The molecule has 0 aliphatic carbocycles. The molecule has 0 spiro atoms. The lowest BCUT2D eigenvalue weighted by atomic mass is 9.78. The highest BCUT2D eigenvalue weighted by Gasteiger charge is 2.36. The van der Waals surface area contributed by atoms with Crippen LogP contribution in [-0.2, 0) is 14.3 Å². The van der Waals surface area contributed by atoms with Crippen molar-refractivity contribution in [1.82, 2.24) is 9.80 Å². The Hall–Kier alpha value is -0.690. The van der Waals surface area contributed by atoms with Gasteiger partial charge in [-0.05, 0) is 19.3 Å². The summed E-state index contributed by atoms with van der Waals surface area (Å²) in [4.78, 5) is 16.7. The van der Waals surface area contributed by atoms with Gasteiger partial charge in [0.25, 0.3) is 0 Å². The number of carbonyl (C=O) groups is 1. The highest BCUT2D eigenvalue weighted by atomic mass is 16.5. The summed E-state index contributed by atoms with van der Waals surface area (Å²) in [7, 11) is 1.68. The van der Waals surface area contributed by atoms with Gasteiger partial charge in [-0.2, -0.15) is 0 Å². The van der Waals surface area contributed by atoms with E-state index in [1.54, 1.807) is 7.11 Å². The second-order valence-corrected chi connectivity index (χ2v) is 6.52. The third kappa shape index (κ3) is 4.91. The van der Waals surface area contributed by atoms with E-state index in [4.69, 9.17) is 9.47 Å². The summed E-state index contributed by atoms with van der Waals surface area (Å²) in [5.74, 6) is 0.210. The Morgan fingerprint density at radius 1 is 1.32 bits per heavy atom. The number of morpholine rings is 1. The predicted octanol–water partition coefficient (Wildman–Crippen LogP) is 0.346. The number of ether oxygens (including phenoxy) is 2. The maximum Gasteiger partial charge on any atom is 0.223 e. The van der Waals surface area contributed by atoms with Crippen LogP contribution in [-0.4, -0.2) is 87.1 Å². The molecule has 6 nitrogen and oxygen atoms in total. The summed E-state index contributed by atoms with van der Waals surface area (Å²) in [5.41, 5.74) is -0.178. The van der Waals surface area contributed by atoms with Crippen LogP contribution in [0, 0.1) is 5.41 Å². The number of hydrogen-bond donors (Lipinski definition) is 1. The largest absolute Gasteiger partial charge is 0.396 e. The summed E-state index contributed by atoms with van der Waals surface area (Å²) in [6, 6.07) is 0. The van der Waals surface area contributed by atoms with Crippen molar-refractivity contribution in [3.05, 3.63) is 0 Å². The molecule has 0 aromatic carbocycles. The number of likely N-dealkylation sites (tertiary alicyclic amines) is 1. The zero-order valence-corrected chi connectivity index (χ0v) is 13.8. The molecule has 2 aliphatic heterocycles. The summed E-state index contributed by atoms with van der Waals surface area (Å²) in [5, 5.41) is 9.79. The number of rotatable bonds is 7. The molecule has 6 heteroatoms. The number of carbonyl (C=O) groups excluding carboxylic acids is 1. The second kappa shape index (κ2) is 8.82. The number of piperidine rings is 1. The van der Waals surface area contributed by atoms with Gasteiger partial charge in [0.05, 0.1) is 19.8 Å². The van der Waals surface area contributed by atoms with E-state index in [2.05, 4.69) is 4.90 Å². The van der Waals surface area contributed by atoms with E-state index in [0.29, 0.717) is 19.6 Å². The van der Waals surface area contributed by atoms with Crippen molar-refractivity contribution >= 4 is 5.91 Å². The Morgan fingerprint density at radius 3 is 2.77 bits per heavy atom. The van der Waals surface area contributed by atoms with Crippen molar-refractivity contribution in [2.75, 3.05) is 66.3 Å². The zero-order valence-electron chi connectivity index (χ0n) is 13.8. The Kier molecular flexibility index (Phi) is 7.08. The van der Waals surface area contributed by atoms with Crippen molar-refractivity contribution in [2.24, 2.45) is 5.41 Å². The number of methoxy groups -OCH3 is 1. The molecule has 128 valence electrons. The smallest absolute Gasteiger partial charge is 0.223 e. The Morgan fingerprint density at radius 2 is 2.09 bits per heavy atom. The molecular weight excluding hydrogens is 284 g/mol. The number of aliphatic hydroxyl groups is 1. The quantitative estimate of drug-likeness (QED) is 0.734. The molecule has 1 amide bonds. The lowest BCUT2D eigenvalue weighted by Crippen LogP contribution is -2.49. The van der Waals surface area contributed by atoms with Crippen LogP contribution in [0.3, 0.4) is 0 Å². The van der Waals surface area contributed by atoms with Crippen molar-refractivity contribution in [3.8, 4) is 0 Å².